The number of hydrogen-bond acceptors (Lipinski definition) is 1. The third-order valence-corrected chi connectivity index (χ3v) is 4.07. The first kappa shape index (κ1) is 15.5. The molecular weight excluding hydrogens is 341 g/mol. The Labute approximate surface area is 132 Å². The Hall–Kier alpha value is -0.900. The summed E-state index contributed by atoms with van der Waals surface area (Å²) in [5, 5.41) is 0.756. The number of nitrogens with two attached hydrogens (primary N) is 1. The van der Waals surface area contributed by atoms with E-state index in [-0.39, 0.29) is 11.7 Å². The molecule has 0 fully saturated rings. The van der Waals surface area contributed by atoms with E-state index in [9.17, 15) is 4.39 Å². The van der Waals surface area contributed by atoms with Gasteiger partial charge < -0.3 is 5.73 Å². The van der Waals surface area contributed by atoms with Crippen molar-refractivity contribution in [2.24, 2.45) is 11.7 Å². The lowest BCUT2D eigenvalue weighted by Gasteiger charge is -2.16. The summed E-state index contributed by atoms with van der Waals surface area (Å²) in [5.74, 6) is 0.00601. The van der Waals surface area contributed by atoms with Gasteiger partial charge in [0.25, 0.3) is 0 Å². The smallest absolute Gasteiger partial charge is 0.124 e. The molecule has 2 rings (SSSR count). The van der Waals surface area contributed by atoms with Crippen molar-refractivity contribution in [3.63, 3.8) is 0 Å². The Morgan fingerprint density at radius 3 is 2.55 bits per heavy atom. The zero-order valence-corrected chi connectivity index (χ0v) is 13.3. The third kappa shape index (κ3) is 4.30. The fourth-order valence-electron chi connectivity index (χ4n) is 2.28. The molecule has 0 bridgehead atoms. The summed E-state index contributed by atoms with van der Waals surface area (Å²) in [6, 6.07) is 12.7. The van der Waals surface area contributed by atoms with Crippen LogP contribution < -0.4 is 5.73 Å². The molecule has 0 aliphatic carbocycles. The Balaban J connectivity index is 2.11. The van der Waals surface area contributed by atoms with Crippen LogP contribution in [0.4, 0.5) is 4.39 Å². The normalized spacial score (nSPS) is 12.4. The minimum Gasteiger partial charge on any atom is -0.330 e. The molecule has 1 nitrogen and oxygen atoms in total. The van der Waals surface area contributed by atoms with Crippen LogP contribution in [0.3, 0.4) is 0 Å². The van der Waals surface area contributed by atoms with E-state index >= 15 is 0 Å². The van der Waals surface area contributed by atoms with Crippen molar-refractivity contribution in [1.29, 1.82) is 0 Å². The summed E-state index contributed by atoms with van der Waals surface area (Å²) in [6.45, 7) is 0.541. The maximum absolute atomic E-state index is 13.4. The van der Waals surface area contributed by atoms with Crippen molar-refractivity contribution in [3.05, 3.63) is 68.9 Å². The Bertz CT molecular complexity index is 568. The predicted octanol–water partition coefficient (Wildman–Crippen LogP) is 4.60. The van der Waals surface area contributed by atoms with Gasteiger partial charge in [-0.1, -0.05) is 45.7 Å². The van der Waals surface area contributed by atoms with Crippen molar-refractivity contribution in [1.82, 2.24) is 0 Å². The third-order valence-electron chi connectivity index (χ3n) is 3.25. The molecule has 0 heterocycles. The highest BCUT2D eigenvalue weighted by Crippen LogP contribution is 2.22. The average Bonchev–Trinajstić information content (AvgIpc) is 2.39. The van der Waals surface area contributed by atoms with Crippen LogP contribution in [0.2, 0.25) is 5.02 Å². The highest BCUT2D eigenvalue weighted by atomic mass is 79.9. The lowest BCUT2D eigenvalue weighted by atomic mass is 9.92. The van der Waals surface area contributed by atoms with E-state index in [0.717, 1.165) is 33.5 Å². The van der Waals surface area contributed by atoms with Crippen LogP contribution in [0.15, 0.2) is 46.9 Å². The van der Waals surface area contributed by atoms with Crippen LogP contribution in [0.1, 0.15) is 11.1 Å². The molecule has 0 saturated heterocycles. The predicted molar refractivity (Wildman–Crippen MR) is 85.5 cm³/mol. The number of hydrogen-bond donors (Lipinski definition) is 1. The van der Waals surface area contributed by atoms with Gasteiger partial charge in [-0.2, -0.15) is 0 Å². The van der Waals surface area contributed by atoms with Gasteiger partial charge in [-0.15, -0.1) is 0 Å². The van der Waals surface area contributed by atoms with E-state index in [2.05, 4.69) is 15.9 Å². The van der Waals surface area contributed by atoms with Crippen molar-refractivity contribution >= 4 is 27.5 Å². The monoisotopic (exact) mass is 355 g/mol. The van der Waals surface area contributed by atoms with Crippen molar-refractivity contribution in [2.45, 2.75) is 12.8 Å². The Kier molecular flexibility index (Phi) is 5.58. The van der Waals surface area contributed by atoms with Crippen molar-refractivity contribution in [2.75, 3.05) is 6.54 Å². The zero-order valence-electron chi connectivity index (χ0n) is 11.0. The zero-order chi connectivity index (χ0) is 14.5. The first-order valence-corrected chi connectivity index (χ1v) is 7.64. The van der Waals surface area contributed by atoms with Gasteiger partial charge in [-0.25, -0.2) is 4.39 Å². The van der Waals surface area contributed by atoms with Gasteiger partial charge in [0, 0.05) is 9.50 Å². The molecule has 20 heavy (non-hydrogen) atoms. The molecule has 0 saturated carbocycles. The minimum atomic E-state index is -0.233. The summed E-state index contributed by atoms with van der Waals surface area (Å²) in [5.41, 5.74) is 7.87. The molecule has 106 valence electrons. The maximum Gasteiger partial charge on any atom is 0.124 e. The van der Waals surface area contributed by atoms with Gasteiger partial charge in [0.05, 0.1) is 0 Å². The first-order valence-electron chi connectivity index (χ1n) is 6.47. The second-order valence-corrected chi connectivity index (χ2v) is 6.20. The average molecular weight is 357 g/mol. The second-order valence-electron chi connectivity index (χ2n) is 4.88. The molecule has 1 unspecified atom stereocenters. The Morgan fingerprint density at radius 2 is 1.90 bits per heavy atom. The first-order chi connectivity index (χ1) is 9.58. The summed E-state index contributed by atoms with van der Waals surface area (Å²) >= 11 is 9.48. The van der Waals surface area contributed by atoms with E-state index < -0.39 is 0 Å². The molecule has 0 aromatic heterocycles. The lowest BCUT2D eigenvalue weighted by Crippen LogP contribution is -2.19. The molecule has 0 aliphatic rings. The fraction of sp³-hybridized carbons (Fsp3) is 0.250. The second kappa shape index (κ2) is 7.21. The van der Waals surface area contributed by atoms with Crippen LogP contribution >= 0.6 is 27.5 Å². The lowest BCUT2D eigenvalue weighted by molar-refractivity contribution is 0.530. The van der Waals surface area contributed by atoms with Crippen LogP contribution in [0.25, 0.3) is 0 Å². The number of rotatable bonds is 5. The highest BCUT2D eigenvalue weighted by molar-refractivity contribution is 9.10. The molecule has 0 spiro atoms. The van der Waals surface area contributed by atoms with E-state index in [4.69, 9.17) is 17.3 Å². The van der Waals surface area contributed by atoms with E-state index in [0.29, 0.717) is 6.54 Å². The van der Waals surface area contributed by atoms with Crippen LogP contribution in [-0.4, -0.2) is 6.54 Å². The van der Waals surface area contributed by atoms with E-state index in [1.165, 1.54) is 6.07 Å². The van der Waals surface area contributed by atoms with Gasteiger partial charge in [-0.3, -0.25) is 0 Å². The van der Waals surface area contributed by atoms with Gasteiger partial charge in [0.2, 0.25) is 0 Å². The quantitative estimate of drug-likeness (QED) is 0.832. The summed E-state index contributed by atoms with van der Waals surface area (Å²) in [6.07, 6.45) is 1.53. The van der Waals surface area contributed by atoms with E-state index in [1.807, 2.05) is 30.3 Å². The van der Waals surface area contributed by atoms with Crippen molar-refractivity contribution < 1.29 is 4.39 Å². The van der Waals surface area contributed by atoms with Crippen LogP contribution in [0, 0.1) is 11.7 Å². The van der Waals surface area contributed by atoms with Gasteiger partial charge >= 0.3 is 0 Å². The number of halogens is 3. The molecule has 2 aromatic carbocycles. The summed E-state index contributed by atoms with van der Waals surface area (Å²) in [4.78, 5) is 0. The molecule has 2 aromatic rings. The molecule has 2 N–H and O–H groups in total. The molecule has 0 aliphatic heterocycles. The summed E-state index contributed by atoms with van der Waals surface area (Å²) < 4.78 is 14.1. The molecular formula is C16H16BrClFN. The standard InChI is InChI=1S/C16H16BrClFN/c17-14-7-11(8-15(19)9-14)5-12(10-20)6-13-3-1-2-4-16(13)18/h1-4,7-9,12H,5-6,10,20H2. The highest BCUT2D eigenvalue weighted by Gasteiger charge is 2.12. The number of benzene rings is 2. The molecule has 1 atom stereocenters. The van der Waals surface area contributed by atoms with Crippen molar-refractivity contribution in [3.8, 4) is 0 Å². The van der Waals surface area contributed by atoms with Gasteiger partial charge in [0.1, 0.15) is 5.82 Å². The maximum atomic E-state index is 13.4. The SMILES string of the molecule is NCC(Cc1cc(F)cc(Br)c1)Cc1ccccc1Cl. The topological polar surface area (TPSA) is 26.0 Å². The Morgan fingerprint density at radius 1 is 1.15 bits per heavy atom. The van der Waals surface area contributed by atoms with Crippen LogP contribution in [0.5, 0.6) is 0 Å². The largest absolute Gasteiger partial charge is 0.330 e. The van der Waals surface area contributed by atoms with E-state index in [1.54, 1.807) is 6.07 Å². The van der Waals surface area contributed by atoms with Gasteiger partial charge in [0.15, 0.2) is 0 Å². The molecule has 0 amide bonds. The molecule has 4 heteroatoms. The van der Waals surface area contributed by atoms with Gasteiger partial charge in [-0.05, 0) is 60.7 Å². The molecule has 0 radical (unpaired) electrons. The summed E-state index contributed by atoms with van der Waals surface area (Å²) in [7, 11) is 0. The van der Waals surface area contributed by atoms with Crippen LogP contribution in [-0.2, 0) is 12.8 Å². The minimum absolute atomic E-state index is 0.233. The fourth-order valence-corrected chi connectivity index (χ4v) is 3.00.